The molecule has 0 radical (unpaired) electrons. The maximum atomic E-state index is 12.0. The van der Waals surface area contributed by atoms with E-state index < -0.39 is 6.10 Å². The molecule has 0 bridgehead atoms. The Morgan fingerprint density at radius 1 is 1.25 bits per heavy atom. The van der Waals surface area contributed by atoms with Gasteiger partial charge >= 0.3 is 0 Å². The molecule has 128 valence electrons. The van der Waals surface area contributed by atoms with Gasteiger partial charge in [-0.25, -0.2) is 0 Å². The fourth-order valence-corrected chi connectivity index (χ4v) is 3.17. The Balaban J connectivity index is 1.65. The van der Waals surface area contributed by atoms with Crippen molar-refractivity contribution in [1.29, 1.82) is 0 Å². The van der Waals surface area contributed by atoms with Crippen molar-refractivity contribution in [2.75, 3.05) is 12.3 Å². The van der Waals surface area contributed by atoms with Crippen molar-refractivity contribution in [2.45, 2.75) is 25.7 Å². The van der Waals surface area contributed by atoms with E-state index >= 15 is 0 Å². The SMILES string of the molecule is Cc1cccc(O[C@@H](C)C(=O)NCCSCc2cccc(Cl)c2)c1. The largest absolute Gasteiger partial charge is 0.481 e. The molecule has 24 heavy (non-hydrogen) atoms. The van der Waals surface area contributed by atoms with Gasteiger partial charge < -0.3 is 10.1 Å². The second kappa shape index (κ2) is 9.60. The molecule has 0 aliphatic carbocycles. The van der Waals surface area contributed by atoms with E-state index in [2.05, 4.69) is 11.4 Å². The summed E-state index contributed by atoms with van der Waals surface area (Å²) in [5.74, 6) is 2.34. The van der Waals surface area contributed by atoms with Crippen LogP contribution in [0.3, 0.4) is 0 Å². The summed E-state index contributed by atoms with van der Waals surface area (Å²) in [6.45, 7) is 4.37. The van der Waals surface area contributed by atoms with Gasteiger partial charge in [-0.05, 0) is 49.2 Å². The molecule has 2 aromatic carbocycles. The number of rotatable bonds is 8. The Labute approximate surface area is 152 Å². The van der Waals surface area contributed by atoms with E-state index in [9.17, 15) is 4.79 Å². The van der Waals surface area contributed by atoms with Crippen LogP contribution in [0.1, 0.15) is 18.1 Å². The van der Waals surface area contributed by atoms with Crippen molar-refractivity contribution in [3.8, 4) is 5.75 Å². The fraction of sp³-hybridized carbons (Fsp3) is 0.316. The van der Waals surface area contributed by atoms with Crippen molar-refractivity contribution < 1.29 is 9.53 Å². The van der Waals surface area contributed by atoms with Crippen LogP contribution in [-0.2, 0) is 10.5 Å². The van der Waals surface area contributed by atoms with E-state index in [4.69, 9.17) is 16.3 Å². The van der Waals surface area contributed by atoms with Gasteiger partial charge in [-0.2, -0.15) is 11.8 Å². The summed E-state index contributed by atoms with van der Waals surface area (Å²) in [4.78, 5) is 12.0. The third kappa shape index (κ3) is 6.46. The lowest BCUT2D eigenvalue weighted by atomic mass is 10.2. The summed E-state index contributed by atoms with van der Waals surface area (Å²) in [6.07, 6.45) is -0.510. The molecule has 1 amide bonds. The van der Waals surface area contributed by atoms with E-state index in [0.29, 0.717) is 12.3 Å². The molecule has 0 spiro atoms. The summed E-state index contributed by atoms with van der Waals surface area (Å²) in [7, 11) is 0. The highest BCUT2D eigenvalue weighted by molar-refractivity contribution is 7.98. The van der Waals surface area contributed by atoms with Crippen LogP contribution in [0.4, 0.5) is 0 Å². The monoisotopic (exact) mass is 363 g/mol. The first kappa shape index (κ1) is 18.7. The first-order valence-electron chi connectivity index (χ1n) is 7.88. The number of carbonyl (C=O) groups excluding carboxylic acids is 1. The minimum Gasteiger partial charge on any atom is -0.481 e. The van der Waals surface area contributed by atoms with Crippen molar-refractivity contribution >= 4 is 29.3 Å². The van der Waals surface area contributed by atoms with Gasteiger partial charge in [0.25, 0.3) is 5.91 Å². The normalized spacial score (nSPS) is 11.8. The molecule has 0 aromatic heterocycles. The number of amides is 1. The number of hydrogen-bond acceptors (Lipinski definition) is 3. The van der Waals surface area contributed by atoms with Gasteiger partial charge in [0, 0.05) is 23.1 Å². The molecule has 0 aliphatic rings. The summed E-state index contributed by atoms with van der Waals surface area (Å²) in [5, 5.41) is 3.66. The van der Waals surface area contributed by atoms with Crippen LogP contribution in [0, 0.1) is 6.92 Å². The van der Waals surface area contributed by atoms with Crippen LogP contribution in [0.5, 0.6) is 5.75 Å². The number of benzene rings is 2. The van der Waals surface area contributed by atoms with Crippen LogP contribution >= 0.6 is 23.4 Å². The molecule has 1 N–H and O–H groups in total. The minimum atomic E-state index is -0.510. The van der Waals surface area contributed by atoms with Crippen LogP contribution in [0.15, 0.2) is 48.5 Å². The van der Waals surface area contributed by atoms with Gasteiger partial charge in [-0.3, -0.25) is 4.79 Å². The molecular weight excluding hydrogens is 342 g/mol. The predicted octanol–water partition coefficient (Wildman–Crippen LogP) is 4.47. The van der Waals surface area contributed by atoms with Gasteiger partial charge in [-0.1, -0.05) is 35.9 Å². The zero-order chi connectivity index (χ0) is 17.4. The first-order chi connectivity index (χ1) is 11.5. The Morgan fingerprint density at radius 2 is 2.04 bits per heavy atom. The first-order valence-corrected chi connectivity index (χ1v) is 9.41. The Bertz CT molecular complexity index is 678. The average Bonchev–Trinajstić information content (AvgIpc) is 2.54. The summed E-state index contributed by atoms with van der Waals surface area (Å²) in [6, 6.07) is 15.5. The van der Waals surface area contributed by atoms with E-state index in [1.54, 1.807) is 18.7 Å². The third-order valence-electron chi connectivity index (χ3n) is 3.38. The minimum absolute atomic E-state index is 0.0974. The van der Waals surface area contributed by atoms with E-state index in [1.807, 2.05) is 49.4 Å². The quantitative estimate of drug-likeness (QED) is 0.703. The lowest BCUT2D eigenvalue weighted by Crippen LogP contribution is -2.37. The summed E-state index contributed by atoms with van der Waals surface area (Å²) >= 11 is 7.72. The van der Waals surface area contributed by atoms with Gasteiger partial charge in [0.15, 0.2) is 6.10 Å². The number of aryl methyl sites for hydroxylation is 1. The Morgan fingerprint density at radius 3 is 2.79 bits per heavy atom. The van der Waals surface area contributed by atoms with Gasteiger partial charge in [0.2, 0.25) is 0 Å². The summed E-state index contributed by atoms with van der Waals surface area (Å²) in [5.41, 5.74) is 2.30. The molecule has 0 heterocycles. The maximum Gasteiger partial charge on any atom is 0.260 e. The molecule has 0 unspecified atom stereocenters. The van der Waals surface area contributed by atoms with E-state index in [0.717, 1.165) is 22.1 Å². The van der Waals surface area contributed by atoms with Crippen molar-refractivity contribution in [3.05, 3.63) is 64.7 Å². The molecule has 0 fully saturated rings. The molecule has 3 nitrogen and oxygen atoms in total. The highest BCUT2D eigenvalue weighted by atomic mass is 35.5. The maximum absolute atomic E-state index is 12.0. The third-order valence-corrected chi connectivity index (χ3v) is 4.64. The predicted molar refractivity (Wildman–Crippen MR) is 102 cm³/mol. The fourth-order valence-electron chi connectivity index (χ4n) is 2.15. The number of halogens is 1. The zero-order valence-corrected chi connectivity index (χ0v) is 15.5. The smallest absolute Gasteiger partial charge is 0.260 e. The zero-order valence-electron chi connectivity index (χ0n) is 13.9. The average molecular weight is 364 g/mol. The topological polar surface area (TPSA) is 38.3 Å². The molecule has 5 heteroatoms. The molecule has 2 rings (SSSR count). The molecule has 0 saturated heterocycles. The number of nitrogens with one attached hydrogen (secondary N) is 1. The van der Waals surface area contributed by atoms with Crippen molar-refractivity contribution in [2.24, 2.45) is 0 Å². The Hall–Kier alpha value is -1.65. The van der Waals surface area contributed by atoms with Gasteiger partial charge in [-0.15, -0.1) is 0 Å². The molecule has 2 aromatic rings. The van der Waals surface area contributed by atoms with Gasteiger partial charge in [0.1, 0.15) is 5.75 Å². The van der Waals surface area contributed by atoms with E-state index in [-0.39, 0.29) is 5.91 Å². The molecule has 1 atom stereocenters. The number of carbonyl (C=O) groups is 1. The van der Waals surface area contributed by atoms with Crippen LogP contribution < -0.4 is 10.1 Å². The van der Waals surface area contributed by atoms with Crippen LogP contribution in [-0.4, -0.2) is 24.3 Å². The highest BCUT2D eigenvalue weighted by Gasteiger charge is 2.13. The van der Waals surface area contributed by atoms with Crippen LogP contribution in [0.2, 0.25) is 5.02 Å². The van der Waals surface area contributed by atoms with Crippen molar-refractivity contribution in [3.63, 3.8) is 0 Å². The highest BCUT2D eigenvalue weighted by Crippen LogP contribution is 2.16. The lowest BCUT2D eigenvalue weighted by molar-refractivity contribution is -0.127. The second-order valence-electron chi connectivity index (χ2n) is 5.55. The standard InChI is InChI=1S/C19H22ClNO2S/c1-14-5-3-8-18(11-14)23-15(2)19(22)21-9-10-24-13-16-6-4-7-17(20)12-16/h3-8,11-12,15H,9-10,13H2,1-2H3,(H,21,22)/t15-/m0/s1. The number of hydrogen-bond donors (Lipinski definition) is 1. The van der Waals surface area contributed by atoms with Gasteiger partial charge in [0.05, 0.1) is 0 Å². The second-order valence-corrected chi connectivity index (χ2v) is 7.09. The number of thioether (sulfide) groups is 1. The van der Waals surface area contributed by atoms with Crippen molar-refractivity contribution in [1.82, 2.24) is 5.32 Å². The number of ether oxygens (including phenoxy) is 1. The van der Waals surface area contributed by atoms with Crippen LogP contribution in [0.25, 0.3) is 0 Å². The lowest BCUT2D eigenvalue weighted by Gasteiger charge is -2.15. The molecular formula is C19H22ClNO2S. The molecule has 0 saturated carbocycles. The summed E-state index contributed by atoms with van der Waals surface area (Å²) < 4.78 is 5.66. The van der Waals surface area contributed by atoms with E-state index in [1.165, 1.54) is 5.56 Å². The Kier molecular flexibility index (Phi) is 7.47. The molecule has 0 aliphatic heterocycles.